The lowest BCUT2D eigenvalue weighted by Gasteiger charge is -2.15. The molecular weight excluding hydrogens is 152 g/mol. The summed E-state index contributed by atoms with van der Waals surface area (Å²) in [6.07, 6.45) is 5.70. The zero-order valence-corrected chi connectivity index (χ0v) is 7.38. The summed E-state index contributed by atoms with van der Waals surface area (Å²) in [6, 6.07) is 0. The van der Waals surface area contributed by atoms with Crippen molar-refractivity contribution in [2.75, 3.05) is 19.8 Å². The Labute approximate surface area is 73.2 Å². The molecule has 2 heteroatoms. The molecule has 0 aromatic rings. The van der Waals surface area contributed by atoms with Crippen LogP contribution in [0, 0.1) is 0 Å². The van der Waals surface area contributed by atoms with E-state index in [0.29, 0.717) is 19.8 Å². The Balaban J connectivity index is 2.49. The maximum absolute atomic E-state index is 5.33. The van der Waals surface area contributed by atoms with Gasteiger partial charge in [-0.25, -0.2) is 0 Å². The molecule has 1 fully saturated rings. The smallest absolute Gasteiger partial charge is 0.122 e. The Morgan fingerprint density at radius 1 is 1.50 bits per heavy atom. The van der Waals surface area contributed by atoms with Gasteiger partial charge in [-0.05, 0) is 13.0 Å². The molecule has 0 aromatic carbocycles. The van der Waals surface area contributed by atoms with Crippen molar-refractivity contribution in [3.63, 3.8) is 0 Å². The normalized spacial score (nSPS) is 22.1. The molecule has 1 aliphatic heterocycles. The first-order valence-corrected chi connectivity index (χ1v) is 4.03. The summed E-state index contributed by atoms with van der Waals surface area (Å²) in [5.74, 6) is 0.891. The minimum absolute atomic E-state index is 0.584. The number of hydrogen-bond donors (Lipinski definition) is 0. The molecule has 0 spiro atoms. The van der Waals surface area contributed by atoms with Gasteiger partial charge in [0, 0.05) is 0 Å². The van der Waals surface area contributed by atoms with Crippen molar-refractivity contribution in [2.24, 2.45) is 0 Å². The molecule has 0 aromatic heterocycles. The van der Waals surface area contributed by atoms with Crippen LogP contribution in [0.5, 0.6) is 0 Å². The van der Waals surface area contributed by atoms with Gasteiger partial charge in [0.25, 0.3) is 0 Å². The first-order chi connectivity index (χ1) is 5.83. The Morgan fingerprint density at radius 2 is 2.33 bits per heavy atom. The molecule has 0 aliphatic carbocycles. The van der Waals surface area contributed by atoms with Gasteiger partial charge in [-0.2, -0.15) is 0 Å². The van der Waals surface area contributed by atoms with E-state index in [9.17, 15) is 0 Å². The minimum atomic E-state index is 0.584. The van der Waals surface area contributed by atoms with Crippen LogP contribution < -0.4 is 0 Å². The number of allylic oxidation sites excluding steroid dienone is 4. The summed E-state index contributed by atoms with van der Waals surface area (Å²) in [5.41, 5.74) is 1.12. The Morgan fingerprint density at radius 3 is 2.92 bits per heavy atom. The number of hydrogen-bond acceptors (Lipinski definition) is 2. The van der Waals surface area contributed by atoms with E-state index in [0.717, 1.165) is 11.3 Å². The van der Waals surface area contributed by atoms with Crippen molar-refractivity contribution in [1.82, 2.24) is 0 Å². The van der Waals surface area contributed by atoms with Crippen LogP contribution in [0.15, 0.2) is 36.1 Å². The van der Waals surface area contributed by atoms with E-state index < -0.39 is 0 Å². The quantitative estimate of drug-likeness (QED) is 0.584. The second-order valence-electron chi connectivity index (χ2n) is 2.65. The molecule has 1 saturated heterocycles. The van der Waals surface area contributed by atoms with Gasteiger partial charge >= 0.3 is 0 Å². The highest BCUT2D eigenvalue weighted by atomic mass is 16.6. The summed E-state index contributed by atoms with van der Waals surface area (Å²) in [7, 11) is 0. The third-order valence-corrected chi connectivity index (χ3v) is 1.61. The van der Waals surface area contributed by atoms with Gasteiger partial charge in [-0.3, -0.25) is 0 Å². The molecule has 1 rings (SSSR count). The van der Waals surface area contributed by atoms with Gasteiger partial charge in [0.2, 0.25) is 0 Å². The lowest BCUT2D eigenvalue weighted by atomic mass is 10.2. The van der Waals surface area contributed by atoms with Crippen molar-refractivity contribution < 1.29 is 9.47 Å². The zero-order chi connectivity index (χ0) is 8.81. The van der Waals surface area contributed by atoms with Gasteiger partial charge in [0.15, 0.2) is 0 Å². The summed E-state index contributed by atoms with van der Waals surface area (Å²) in [4.78, 5) is 0. The van der Waals surface area contributed by atoms with Crippen molar-refractivity contribution in [2.45, 2.75) is 6.92 Å². The molecular formula is C10H14O2. The first kappa shape index (κ1) is 9.07. The molecule has 2 nitrogen and oxygen atoms in total. The molecule has 1 heterocycles. The van der Waals surface area contributed by atoms with Crippen LogP contribution in [0.1, 0.15) is 6.92 Å². The molecule has 0 atom stereocenters. The van der Waals surface area contributed by atoms with E-state index in [1.165, 1.54) is 0 Å². The average molecular weight is 166 g/mol. The van der Waals surface area contributed by atoms with E-state index in [-0.39, 0.29) is 0 Å². The van der Waals surface area contributed by atoms with E-state index >= 15 is 0 Å². The van der Waals surface area contributed by atoms with Crippen molar-refractivity contribution in [3.05, 3.63) is 36.1 Å². The fourth-order valence-corrected chi connectivity index (χ4v) is 0.835. The highest BCUT2D eigenvalue weighted by Crippen LogP contribution is 2.05. The van der Waals surface area contributed by atoms with Crippen molar-refractivity contribution >= 4 is 0 Å². The van der Waals surface area contributed by atoms with Crippen LogP contribution in [0.4, 0.5) is 0 Å². The van der Waals surface area contributed by atoms with Crippen LogP contribution in [0.2, 0.25) is 0 Å². The highest BCUT2D eigenvalue weighted by molar-refractivity contribution is 5.21. The predicted molar refractivity (Wildman–Crippen MR) is 48.8 cm³/mol. The third kappa shape index (κ3) is 2.93. The van der Waals surface area contributed by atoms with Gasteiger partial charge in [-0.1, -0.05) is 24.3 Å². The average Bonchev–Trinajstić information content (AvgIpc) is 2.16. The van der Waals surface area contributed by atoms with E-state index in [4.69, 9.17) is 9.47 Å². The zero-order valence-electron chi connectivity index (χ0n) is 7.38. The van der Waals surface area contributed by atoms with Crippen LogP contribution >= 0.6 is 0 Å². The molecule has 0 saturated carbocycles. The second-order valence-corrected chi connectivity index (χ2v) is 2.65. The monoisotopic (exact) mass is 166 g/mol. The van der Waals surface area contributed by atoms with Crippen molar-refractivity contribution in [3.8, 4) is 0 Å². The van der Waals surface area contributed by atoms with Gasteiger partial charge in [-0.15, -0.1) is 0 Å². The van der Waals surface area contributed by atoms with Gasteiger partial charge in [0.05, 0.1) is 6.61 Å². The maximum atomic E-state index is 5.33. The second kappa shape index (κ2) is 4.78. The van der Waals surface area contributed by atoms with Crippen LogP contribution in [-0.4, -0.2) is 19.8 Å². The van der Waals surface area contributed by atoms with Crippen molar-refractivity contribution in [1.29, 1.82) is 0 Å². The van der Waals surface area contributed by atoms with Crippen LogP contribution in [-0.2, 0) is 9.47 Å². The lowest BCUT2D eigenvalue weighted by molar-refractivity contribution is 0.0135. The molecule has 0 radical (unpaired) electrons. The van der Waals surface area contributed by atoms with Gasteiger partial charge < -0.3 is 9.47 Å². The molecule has 1 aliphatic rings. The topological polar surface area (TPSA) is 18.5 Å². The maximum Gasteiger partial charge on any atom is 0.122 e. The van der Waals surface area contributed by atoms with E-state index in [1.807, 2.05) is 19.1 Å². The highest BCUT2D eigenvalue weighted by Gasteiger charge is 2.03. The SMILES string of the molecule is C=C/C(C)=C\C=C1/COCCO1. The minimum Gasteiger partial charge on any atom is -0.493 e. The summed E-state index contributed by atoms with van der Waals surface area (Å²) >= 11 is 0. The summed E-state index contributed by atoms with van der Waals surface area (Å²) < 4.78 is 10.5. The molecule has 0 N–H and O–H groups in total. The Hall–Kier alpha value is -1.02. The number of ether oxygens (including phenoxy) is 2. The van der Waals surface area contributed by atoms with E-state index in [1.54, 1.807) is 6.08 Å². The molecule has 0 amide bonds. The summed E-state index contributed by atoms with van der Waals surface area (Å²) in [6.45, 7) is 7.59. The van der Waals surface area contributed by atoms with E-state index in [2.05, 4.69) is 6.58 Å². The standard InChI is InChI=1S/C10H14O2/c1-3-9(2)4-5-10-8-11-6-7-12-10/h3-5H,1,6-8H2,2H3/b9-4-,10-5+. The first-order valence-electron chi connectivity index (χ1n) is 4.03. The lowest BCUT2D eigenvalue weighted by Crippen LogP contribution is -2.15. The molecule has 66 valence electrons. The fraction of sp³-hybridized carbons (Fsp3) is 0.400. The number of rotatable bonds is 2. The predicted octanol–water partition coefficient (Wildman–Crippen LogP) is 2.05. The third-order valence-electron chi connectivity index (χ3n) is 1.61. The Kier molecular flexibility index (Phi) is 3.61. The largest absolute Gasteiger partial charge is 0.493 e. The van der Waals surface area contributed by atoms with Crippen LogP contribution in [0.25, 0.3) is 0 Å². The van der Waals surface area contributed by atoms with Gasteiger partial charge in [0.1, 0.15) is 19.0 Å². The summed E-state index contributed by atoms with van der Waals surface area (Å²) in [5, 5.41) is 0. The molecule has 12 heavy (non-hydrogen) atoms. The molecule has 0 bridgehead atoms. The Bertz CT molecular complexity index is 206. The van der Waals surface area contributed by atoms with Crippen LogP contribution in [0.3, 0.4) is 0 Å². The fourth-order valence-electron chi connectivity index (χ4n) is 0.835. The molecule has 0 unspecified atom stereocenters.